The largest absolute Gasteiger partial charge is 0.444 e. The summed E-state index contributed by atoms with van der Waals surface area (Å²) in [6.07, 6.45) is 3.07. The number of hydrogen-bond donors (Lipinski definition) is 2. The molecule has 28 heavy (non-hydrogen) atoms. The van der Waals surface area contributed by atoms with Crippen LogP contribution in [0.5, 0.6) is 0 Å². The number of aryl methyl sites for hydroxylation is 1. The maximum absolute atomic E-state index is 12.1. The van der Waals surface area contributed by atoms with Gasteiger partial charge in [-0.2, -0.15) is 0 Å². The van der Waals surface area contributed by atoms with Gasteiger partial charge in [0.25, 0.3) is 0 Å². The molecule has 1 rings (SSSR count). The molecule has 0 saturated carbocycles. The van der Waals surface area contributed by atoms with Crippen LogP contribution in [0, 0.1) is 0 Å². The Bertz CT molecular complexity index is 613. The average molecular weight is 509 g/mol. The highest BCUT2D eigenvalue weighted by molar-refractivity contribution is 14.0. The van der Waals surface area contributed by atoms with E-state index < -0.39 is 5.60 Å². The first-order valence-corrected chi connectivity index (χ1v) is 9.45. The van der Waals surface area contributed by atoms with Crippen molar-refractivity contribution in [2.45, 2.75) is 65.6 Å². The Morgan fingerprint density at radius 3 is 2.57 bits per heavy atom. The average Bonchev–Trinajstić information content (AvgIpc) is 3.05. The van der Waals surface area contributed by atoms with Crippen molar-refractivity contribution < 1.29 is 9.53 Å². The molecular weight excluding hydrogens is 473 g/mol. The van der Waals surface area contributed by atoms with Gasteiger partial charge in [-0.25, -0.2) is 4.79 Å². The van der Waals surface area contributed by atoms with Crippen LogP contribution in [0.4, 0.5) is 4.79 Å². The summed E-state index contributed by atoms with van der Waals surface area (Å²) in [5, 5.41) is 14.5. The van der Waals surface area contributed by atoms with Gasteiger partial charge in [0.1, 0.15) is 17.8 Å². The van der Waals surface area contributed by atoms with Crippen LogP contribution in [0.3, 0.4) is 0 Å². The summed E-state index contributed by atoms with van der Waals surface area (Å²) in [5.41, 5.74) is -0.488. The van der Waals surface area contributed by atoms with E-state index in [2.05, 4.69) is 32.7 Å². The summed E-state index contributed by atoms with van der Waals surface area (Å²) < 4.78 is 7.42. The van der Waals surface area contributed by atoms with Crippen molar-refractivity contribution in [1.82, 2.24) is 30.3 Å². The Kier molecular flexibility index (Phi) is 12.1. The molecule has 0 aromatic carbocycles. The lowest BCUT2D eigenvalue weighted by Gasteiger charge is -2.28. The molecule has 0 bridgehead atoms. The molecule has 1 aromatic heterocycles. The first-order valence-electron chi connectivity index (χ1n) is 9.45. The van der Waals surface area contributed by atoms with Crippen molar-refractivity contribution in [1.29, 1.82) is 0 Å². The maximum atomic E-state index is 12.1. The molecule has 1 unspecified atom stereocenters. The SMILES string of the molecule is CCc1nncn1CCNC(=NC)NCCC(C)N(C)C(=O)OC(C)(C)C.I. The fourth-order valence-electron chi connectivity index (χ4n) is 2.36. The van der Waals surface area contributed by atoms with Gasteiger partial charge in [-0.15, -0.1) is 34.2 Å². The van der Waals surface area contributed by atoms with Crippen molar-refractivity contribution in [2.75, 3.05) is 27.2 Å². The minimum atomic E-state index is -0.488. The van der Waals surface area contributed by atoms with Crippen LogP contribution in [0.2, 0.25) is 0 Å². The van der Waals surface area contributed by atoms with Gasteiger partial charge in [0.2, 0.25) is 0 Å². The molecule has 1 heterocycles. The molecule has 0 spiro atoms. The number of carbonyl (C=O) groups excluding carboxylic acids is 1. The van der Waals surface area contributed by atoms with E-state index in [1.54, 1.807) is 25.3 Å². The molecule has 0 aliphatic carbocycles. The van der Waals surface area contributed by atoms with Gasteiger partial charge < -0.3 is 24.8 Å². The van der Waals surface area contributed by atoms with Gasteiger partial charge in [0.15, 0.2) is 5.96 Å². The van der Waals surface area contributed by atoms with E-state index in [-0.39, 0.29) is 36.1 Å². The third-order valence-corrected chi connectivity index (χ3v) is 4.08. The number of nitrogens with zero attached hydrogens (tertiary/aromatic N) is 5. The van der Waals surface area contributed by atoms with Crippen LogP contribution in [0.1, 0.15) is 46.9 Å². The number of aromatic nitrogens is 3. The van der Waals surface area contributed by atoms with E-state index in [1.807, 2.05) is 32.3 Å². The van der Waals surface area contributed by atoms with Gasteiger partial charge in [-0.05, 0) is 34.1 Å². The molecule has 0 aliphatic heterocycles. The van der Waals surface area contributed by atoms with E-state index in [9.17, 15) is 4.79 Å². The van der Waals surface area contributed by atoms with Crippen LogP contribution in [0.15, 0.2) is 11.3 Å². The highest BCUT2D eigenvalue weighted by atomic mass is 127. The number of guanidine groups is 1. The molecular formula is C18H36IN7O2. The predicted molar refractivity (Wildman–Crippen MR) is 122 cm³/mol. The molecule has 0 fully saturated rings. The van der Waals surface area contributed by atoms with Crippen molar-refractivity contribution >= 4 is 36.0 Å². The summed E-state index contributed by atoms with van der Waals surface area (Å²) in [6.45, 7) is 11.8. The summed E-state index contributed by atoms with van der Waals surface area (Å²) in [6, 6.07) is 0.0505. The molecule has 0 radical (unpaired) electrons. The third kappa shape index (κ3) is 9.56. The number of rotatable bonds is 8. The lowest BCUT2D eigenvalue weighted by atomic mass is 10.2. The maximum Gasteiger partial charge on any atom is 0.410 e. The zero-order valence-electron chi connectivity index (χ0n) is 18.2. The van der Waals surface area contributed by atoms with Crippen molar-refractivity contribution in [3.8, 4) is 0 Å². The zero-order chi connectivity index (χ0) is 20.4. The first-order chi connectivity index (χ1) is 12.7. The normalized spacial score (nSPS) is 12.8. The van der Waals surface area contributed by atoms with Crippen LogP contribution in [-0.2, 0) is 17.7 Å². The third-order valence-electron chi connectivity index (χ3n) is 4.08. The Morgan fingerprint density at radius 1 is 1.36 bits per heavy atom. The molecule has 1 aromatic rings. The molecule has 1 atom stereocenters. The second-order valence-electron chi connectivity index (χ2n) is 7.45. The summed E-state index contributed by atoms with van der Waals surface area (Å²) in [5.74, 6) is 1.70. The zero-order valence-corrected chi connectivity index (χ0v) is 20.5. The van der Waals surface area contributed by atoms with E-state index in [0.29, 0.717) is 6.54 Å². The van der Waals surface area contributed by atoms with Gasteiger partial charge in [-0.1, -0.05) is 6.92 Å². The van der Waals surface area contributed by atoms with Gasteiger partial charge in [0, 0.05) is 46.2 Å². The predicted octanol–water partition coefficient (Wildman–Crippen LogP) is 2.27. The minimum Gasteiger partial charge on any atom is -0.444 e. The molecule has 2 N–H and O–H groups in total. The van der Waals surface area contributed by atoms with Crippen LogP contribution in [-0.4, -0.2) is 70.5 Å². The van der Waals surface area contributed by atoms with Crippen molar-refractivity contribution in [3.63, 3.8) is 0 Å². The minimum absolute atomic E-state index is 0. The Balaban J connectivity index is 0.00000729. The van der Waals surface area contributed by atoms with Gasteiger partial charge in [-0.3, -0.25) is 4.99 Å². The number of nitrogens with one attached hydrogen (secondary N) is 2. The lowest BCUT2D eigenvalue weighted by Crippen LogP contribution is -2.43. The van der Waals surface area contributed by atoms with Gasteiger partial charge >= 0.3 is 6.09 Å². The molecule has 0 saturated heterocycles. The number of ether oxygens (including phenoxy) is 1. The summed E-state index contributed by atoms with van der Waals surface area (Å²) in [4.78, 5) is 17.9. The Morgan fingerprint density at radius 2 is 2.00 bits per heavy atom. The van der Waals surface area contributed by atoms with E-state index in [0.717, 1.165) is 37.7 Å². The highest BCUT2D eigenvalue weighted by Crippen LogP contribution is 2.11. The topological polar surface area (TPSA) is 96.7 Å². The summed E-state index contributed by atoms with van der Waals surface area (Å²) in [7, 11) is 3.50. The quantitative estimate of drug-likeness (QED) is 0.317. The van der Waals surface area contributed by atoms with Crippen molar-refractivity contribution in [2.24, 2.45) is 4.99 Å². The number of carbonyl (C=O) groups is 1. The molecule has 10 heteroatoms. The molecule has 9 nitrogen and oxygen atoms in total. The Labute approximate surface area is 185 Å². The second-order valence-corrected chi connectivity index (χ2v) is 7.45. The van der Waals surface area contributed by atoms with Crippen LogP contribution >= 0.6 is 24.0 Å². The monoisotopic (exact) mass is 509 g/mol. The van der Waals surface area contributed by atoms with Crippen LogP contribution < -0.4 is 10.6 Å². The number of amides is 1. The number of halogens is 1. The molecule has 1 amide bonds. The number of hydrogen-bond acceptors (Lipinski definition) is 5. The first kappa shape index (κ1) is 26.4. The van der Waals surface area contributed by atoms with Crippen LogP contribution in [0.25, 0.3) is 0 Å². The van der Waals surface area contributed by atoms with E-state index in [4.69, 9.17) is 4.74 Å². The van der Waals surface area contributed by atoms with Crippen molar-refractivity contribution in [3.05, 3.63) is 12.2 Å². The second kappa shape index (κ2) is 12.8. The molecule has 0 aliphatic rings. The smallest absolute Gasteiger partial charge is 0.410 e. The van der Waals surface area contributed by atoms with E-state index in [1.165, 1.54) is 0 Å². The molecule has 162 valence electrons. The standard InChI is InChI=1S/C18H35N7O2.HI/c1-8-15-23-22-13-25(15)12-11-21-16(19-6)20-10-9-14(2)24(7)17(26)27-18(3,4)5;/h13-14H,8-12H2,1-7H3,(H2,19,20,21);1H. The number of aliphatic imine (C=N–C) groups is 1. The fourth-order valence-corrected chi connectivity index (χ4v) is 2.36. The van der Waals surface area contributed by atoms with Gasteiger partial charge in [0.05, 0.1) is 0 Å². The lowest BCUT2D eigenvalue weighted by molar-refractivity contribution is 0.0230. The Hall–Kier alpha value is -1.59. The summed E-state index contributed by atoms with van der Waals surface area (Å²) >= 11 is 0. The van der Waals surface area contributed by atoms with E-state index >= 15 is 0 Å². The highest BCUT2D eigenvalue weighted by Gasteiger charge is 2.22. The fraction of sp³-hybridized carbons (Fsp3) is 0.778.